The first-order chi connectivity index (χ1) is 15.1. The number of fused-ring (bicyclic) bond motifs is 1. The summed E-state index contributed by atoms with van der Waals surface area (Å²) >= 11 is 0. The first kappa shape index (κ1) is 22.1. The van der Waals surface area contributed by atoms with Gasteiger partial charge in [0, 0.05) is 44.7 Å². The number of amides is 1. The van der Waals surface area contributed by atoms with Crippen LogP contribution in [0.2, 0.25) is 0 Å². The van der Waals surface area contributed by atoms with Gasteiger partial charge >= 0.3 is 6.18 Å². The molecular weight excluding hydrogens is 445 g/mol. The molecule has 32 heavy (non-hydrogen) atoms. The Labute approximate surface area is 183 Å². The minimum absolute atomic E-state index is 0.0765. The minimum atomic E-state index is -4.41. The molecule has 2 aliphatic rings. The summed E-state index contributed by atoms with van der Waals surface area (Å²) in [5, 5.41) is 2.96. The van der Waals surface area contributed by atoms with Crippen LogP contribution in [0.1, 0.15) is 18.4 Å². The molecule has 11 heteroatoms. The monoisotopic (exact) mass is 466 g/mol. The number of hydrogen-bond donors (Lipinski definition) is 1. The van der Waals surface area contributed by atoms with Crippen molar-refractivity contribution in [1.29, 1.82) is 0 Å². The quantitative estimate of drug-likeness (QED) is 0.748. The number of carbonyl (C=O) groups is 1. The van der Waals surface area contributed by atoms with Crippen molar-refractivity contribution in [2.75, 3.05) is 36.4 Å². The van der Waals surface area contributed by atoms with E-state index in [2.05, 4.69) is 9.71 Å². The minimum Gasteiger partial charge on any atom is -0.368 e. The fourth-order valence-corrected chi connectivity index (χ4v) is 4.92. The summed E-state index contributed by atoms with van der Waals surface area (Å²) in [6, 6.07) is 11.6. The van der Waals surface area contributed by atoms with Crippen molar-refractivity contribution in [2.45, 2.75) is 23.9 Å². The van der Waals surface area contributed by atoms with Crippen LogP contribution in [0.5, 0.6) is 0 Å². The Morgan fingerprint density at radius 3 is 2.47 bits per heavy atom. The largest absolute Gasteiger partial charge is 0.416 e. The lowest BCUT2D eigenvalue weighted by Crippen LogP contribution is -2.49. The van der Waals surface area contributed by atoms with Crippen LogP contribution in [0.15, 0.2) is 57.8 Å². The van der Waals surface area contributed by atoms with Gasteiger partial charge in [0.2, 0.25) is 5.91 Å². The molecule has 2 heterocycles. The van der Waals surface area contributed by atoms with Crippen LogP contribution in [0.4, 0.5) is 24.5 Å². The molecule has 1 saturated heterocycles. The van der Waals surface area contributed by atoms with E-state index in [0.717, 1.165) is 12.1 Å². The number of nitrogens with one attached hydrogen (secondary N) is 1. The SMILES string of the molecule is O=C(CCC1=NS(=O)(=O)c2ccccc2N1)N1CCN(c2cccc(C(F)(F)F)c2)CC1. The normalized spacial score (nSPS) is 17.9. The van der Waals surface area contributed by atoms with Gasteiger partial charge in [0.1, 0.15) is 10.7 Å². The molecule has 0 bridgehead atoms. The van der Waals surface area contributed by atoms with E-state index in [4.69, 9.17) is 0 Å². The van der Waals surface area contributed by atoms with Gasteiger partial charge < -0.3 is 15.1 Å². The van der Waals surface area contributed by atoms with Crippen LogP contribution in [-0.2, 0) is 21.0 Å². The van der Waals surface area contributed by atoms with Crippen molar-refractivity contribution in [1.82, 2.24) is 4.90 Å². The molecule has 0 aromatic heterocycles. The number of sulfonamides is 1. The highest BCUT2D eigenvalue weighted by molar-refractivity contribution is 7.90. The molecule has 170 valence electrons. The van der Waals surface area contributed by atoms with E-state index in [1.807, 2.05) is 4.90 Å². The lowest BCUT2D eigenvalue weighted by molar-refractivity contribution is -0.137. The number of amidine groups is 1. The summed E-state index contributed by atoms with van der Waals surface area (Å²) in [4.78, 5) is 16.2. The summed E-state index contributed by atoms with van der Waals surface area (Å²) in [6.07, 6.45) is -4.19. The maximum Gasteiger partial charge on any atom is 0.416 e. The molecule has 0 saturated carbocycles. The highest BCUT2D eigenvalue weighted by Gasteiger charge is 2.31. The second-order valence-electron chi connectivity index (χ2n) is 7.55. The third kappa shape index (κ3) is 4.72. The molecule has 2 aromatic rings. The third-order valence-corrected chi connectivity index (χ3v) is 6.79. The van der Waals surface area contributed by atoms with Gasteiger partial charge in [0.25, 0.3) is 10.0 Å². The average Bonchev–Trinajstić information content (AvgIpc) is 2.77. The Balaban J connectivity index is 1.33. The molecule has 2 aliphatic heterocycles. The third-order valence-electron chi connectivity index (χ3n) is 5.42. The van der Waals surface area contributed by atoms with Crippen LogP contribution < -0.4 is 10.2 Å². The zero-order valence-electron chi connectivity index (χ0n) is 17.0. The number of hydrogen-bond acceptors (Lipinski definition) is 5. The average molecular weight is 466 g/mol. The van der Waals surface area contributed by atoms with Crippen LogP contribution >= 0.6 is 0 Å². The van der Waals surface area contributed by atoms with Gasteiger partial charge in [0.05, 0.1) is 11.3 Å². The topological polar surface area (TPSA) is 82.1 Å². The Hall–Kier alpha value is -3.08. The number of para-hydroxylation sites is 1. The van der Waals surface area contributed by atoms with E-state index in [0.29, 0.717) is 37.6 Å². The van der Waals surface area contributed by atoms with Crippen molar-refractivity contribution in [2.24, 2.45) is 4.40 Å². The molecule has 0 aliphatic carbocycles. The van der Waals surface area contributed by atoms with Crippen molar-refractivity contribution < 1.29 is 26.4 Å². The summed E-state index contributed by atoms with van der Waals surface area (Å²) in [5.41, 5.74) is 0.196. The zero-order chi connectivity index (χ0) is 22.9. The molecule has 2 aromatic carbocycles. The standard InChI is InChI=1S/C21H21F3N4O3S/c22-21(23,24)15-4-3-5-16(14-15)27-10-12-28(13-11-27)20(29)9-8-19-25-17-6-1-2-7-18(17)32(30,31)26-19/h1-7,14H,8-13H2,(H,25,26). The number of piperazine rings is 1. The molecule has 1 fully saturated rings. The summed E-state index contributed by atoms with van der Waals surface area (Å²) in [5.74, 6) is 0.0501. The molecule has 7 nitrogen and oxygen atoms in total. The van der Waals surface area contributed by atoms with E-state index in [1.165, 1.54) is 12.1 Å². The Morgan fingerprint density at radius 1 is 1.03 bits per heavy atom. The highest BCUT2D eigenvalue weighted by atomic mass is 32.2. The molecule has 0 unspecified atom stereocenters. The van der Waals surface area contributed by atoms with Gasteiger partial charge in [-0.3, -0.25) is 4.79 Å². The van der Waals surface area contributed by atoms with E-state index in [-0.39, 0.29) is 29.5 Å². The number of carbonyl (C=O) groups excluding carboxylic acids is 1. The van der Waals surface area contributed by atoms with Crippen molar-refractivity contribution in [3.63, 3.8) is 0 Å². The predicted molar refractivity (Wildman–Crippen MR) is 114 cm³/mol. The predicted octanol–water partition coefficient (Wildman–Crippen LogP) is 3.35. The molecule has 0 spiro atoms. The number of rotatable bonds is 4. The van der Waals surface area contributed by atoms with Crippen molar-refractivity contribution in [3.05, 3.63) is 54.1 Å². The maximum atomic E-state index is 12.9. The van der Waals surface area contributed by atoms with E-state index >= 15 is 0 Å². The molecule has 1 N–H and O–H groups in total. The summed E-state index contributed by atoms with van der Waals surface area (Å²) in [6.45, 7) is 1.56. The summed E-state index contributed by atoms with van der Waals surface area (Å²) in [7, 11) is -3.80. The number of nitrogens with zero attached hydrogens (tertiary/aromatic N) is 3. The van der Waals surface area contributed by atoms with Gasteiger partial charge in [-0.25, -0.2) is 0 Å². The van der Waals surface area contributed by atoms with Crippen molar-refractivity contribution >= 4 is 33.1 Å². The Bertz CT molecular complexity index is 1160. The van der Waals surface area contributed by atoms with Crippen molar-refractivity contribution in [3.8, 4) is 0 Å². The maximum absolute atomic E-state index is 12.9. The van der Waals surface area contributed by atoms with E-state index < -0.39 is 21.8 Å². The van der Waals surface area contributed by atoms with Gasteiger partial charge in [-0.05, 0) is 30.3 Å². The van der Waals surface area contributed by atoms with E-state index in [1.54, 1.807) is 29.2 Å². The van der Waals surface area contributed by atoms with Gasteiger partial charge in [-0.15, -0.1) is 4.40 Å². The molecule has 0 radical (unpaired) electrons. The first-order valence-corrected chi connectivity index (χ1v) is 11.5. The number of anilines is 2. The van der Waals surface area contributed by atoms with E-state index in [9.17, 15) is 26.4 Å². The highest BCUT2D eigenvalue weighted by Crippen LogP contribution is 2.32. The fourth-order valence-electron chi connectivity index (χ4n) is 3.75. The Kier molecular flexibility index (Phi) is 5.85. The van der Waals surface area contributed by atoms with Gasteiger partial charge in [0.15, 0.2) is 0 Å². The van der Waals surface area contributed by atoms with Crippen LogP contribution in [0, 0.1) is 0 Å². The molecule has 0 atom stereocenters. The first-order valence-electron chi connectivity index (χ1n) is 10.0. The van der Waals surface area contributed by atoms with Gasteiger partial charge in [-0.2, -0.15) is 21.6 Å². The zero-order valence-corrected chi connectivity index (χ0v) is 17.8. The van der Waals surface area contributed by atoms with Gasteiger partial charge in [-0.1, -0.05) is 18.2 Å². The smallest absolute Gasteiger partial charge is 0.368 e. The Morgan fingerprint density at radius 2 is 1.75 bits per heavy atom. The molecular formula is C21H21F3N4O3S. The summed E-state index contributed by atoms with van der Waals surface area (Å²) < 4.78 is 67.2. The second kappa shape index (κ2) is 8.45. The van der Waals surface area contributed by atoms with Crippen LogP contribution in [0.25, 0.3) is 0 Å². The number of halogens is 3. The van der Waals surface area contributed by atoms with Crippen LogP contribution in [0.3, 0.4) is 0 Å². The lowest BCUT2D eigenvalue weighted by Gasteiger charge is -2.36. The molecule has 1 amide bonds. The van der Waals surface area contributed by atoms with Crippen LogP contribution in [-0.4, -0.2) is 51.2 Å². The lowest BCUT2D eigenvalue weighted by atomic mass is 10.1. The number of benzene rings is 2. The molecule has 4 rings (SSSR count). The second-order valence-corrected chi connectivity index (χ2v) is 9.12. The fraction of sp³-hybridized carbons (Fsp3) is 0.333. The number of alkyl halides is 3.